The van der Waals surface area contributed by atoms with E-state index in [0.717, 1.165) is 31.1 Å². The molecule has 0 heterocycles. The molecule has 0 aliphatic rings. The highest BCUT2D eigenvalue weighted by Gasteiger charge is 2.12. The number of carbonyl (C=O) groups is 2. The molecule has 4 nitrogen and oxygen atoms in total. The number of aldehydes is 1. The van der Waals surface area contributed by atoms with E-state index in [2.05, 4.69) is 5.32 Å². The highest BCUT2D eigenvalue weighted by Crippen LogP contribution is 2.10. The second kappa shape index (κ2) is 14.6. The van der Waals surface area contributed by atoms with E-state index in [-0.39, 0.29) is 5.91 Å². The number of nitrogens with two attached hydrogens (primary N) is 1. The second-order valence-electron chi connectivity index (χ2n) is 6.72. The number of unbranched alkanes of at least 4 members (excludes halogenated alkanes) is 9. The highest BCUT2D eigenvalue weighted by atomic mass is 16.2. The van der Waals surface area contributed by atoms with Gasteiger partial charge in [-0.25, -0.2) is 0 Å². The van der Waals surface area contributed by atoms with Gasteiger partial charge in [0.1, 0.15) is 6.29 Å². The summed E-state index contributed by atoms with van der Waals surface area (Å²) in [5.41, 5.74) is 7.05. The lowest BCUT2D eigenvalue weighted by atomic mass is 10.1. The fraction of sp³-hybridized carbons (Fsp3) is 0.619. The zero-order valence-electron chi connectivity index (χ0n) is 15.4. The first-order valence-electron chi connectivity index (χ1n) is 9.75. The molecule has 0 aliphatic carbocycles. The summed E-state index contributed by atoms with van der Waals surface area (Å²) in [6.45, 7) is 0.715. The standard InChI is InChI=1S/C21H34N2O2/c22-20(18-19-14-10-9-11-15-19)21(25)23-16-12-7-5-3-1-2-4-6-8-13-17-24/h9-11,14-15,17,20H,1-8,12-13,16,18,22H2,(H,23,25)/t20-/m0/s1. The van der Waals surface area contributed by atoms with Crippen LogP contribution in [0.25, 0.3) is 0 Å². The van der Waals surface area contributed by atoms with Gasteiger partial charge in [0.15, 0.2) is 0 Å². The number of hydrogen-bond acceptors (Lipinski definition) is 3. The number of rotatable bonds is 15. The van der Waals surface area contributed by atoms with Crippen molar-refractivity contribution in [3.05, 3.63) is 35.9 Å². The Kier molecular flexibility index (Phi) is 12.5. The molecule has 0 saturated carbocycles. The molecule has 1 aromatic rings. The minimum atomic E-state index is -0.471. The Morgan fingerprint density at radius 2 is 1.48 bits per heavy atom. The van der Waals surface area contributed by atoms with Crippen LogP contribution in [0, 0.1) is 0 Å². The van der Waals surface area contributed by atoms with Crippen LogP contribution in [-0.4, -0.2) is 24.8 Å². The molecule has 25 heavy (non-hydrogen) atoms. The van der Waals surface area contributed by atoms with E-state index in [9.17, 15) is 9.59 Å². The van der Waals surface area contributed by atoms with E-state index >= 15 is 0 Å². The van der Waals surface area contributed by atoms with Gasteiger partial charge in [-0.15, -0.1) is 0 Å². The number of carbonyl (C=O) groups excluding carboxylic acids is 2. The molecule has 140 valence electrons. The van der Waals surface area contributed by atoms with Crippen LogP contribution in [0.3, 0.4) is 0 Å². The summed E-state index contributed by atoms with van der Waals surface area (Å²) >= 11 is 0. The van der Waals surface area contributed by atoms with Gasteiger partial charge in [0.25, 0.3) is 0 Å². The van der Waals surface area contributed by atoms with Gasteiger partial charge in [0, 0.05) is 13.0 Å². The molecule has 0 radical (unpaired) electrons. The first kappa shape index (κ1) is 21.4. The van der Waals surface area contributed by atoms with Crippen molar-refractivity contribution in [1.82, 2.24) is 5.32 Å². The molecule has 1 atom stereocenters. The Labute approximate surface area is 152 Å². The Bertz CT molecular complexity index is 462. The zero-order valence-corrected chi connectivity index (χ0v) is 15.4. The van der Waals surface area contributed by atoms with E-state index in [1.807, 2.05) is 30.3 Å². The number of benzene rings is 1. The van der Waals surface area contributed by atoms with Crippen molar-refractivity contribution < 1.29 is 9.59 Å². The van der Waals surface area contributed by atoms with Crippen LogP contribution in [0.4, 0.5) is 0 Å². The molecule has 0 spiro atoms. The maximum atomic E-state index is 12.0. The third kappa shape index (κ3) is 11.5. The smallest absolute Gasteiger partial charge is 0.237 e. The SMILES string of the molecule is N[C@@H](Cc1ccccc1)C(=O)NCCCCCCCCCCCC=O. The minimum absolute atomic E-state index is 0.0563. The molecule has 0 saturated heterocycles. The van der Waals surface area contributed by atoms with Gasteiger partial charge in [-0.3, -0.25) is 4.79 Å². The maximum absolute atomic E-state index is 12.0. The summed E-state index contributed by atoms with van der Waals surface area (Å²) in [4.78, 5) is 22.2. The Morgan fingerprint density at radius 1 is 0.920 bits per heavy atom. The predicted molar refractivity (Wildman–Crippen MR) is 103 cm³/mol. The number of nitrogens with one attached hydrogen (secondary N) is 1. The van der Waals surface area contributed by atoms with Crippen molar-refractivity contribution in [2.45, 2.75) is 76.7 Å². The van der Waals surface area contributed by atoms with E-state index in [1.54, 1.807) is 0 Å². The third-order valence-corrected chi connectivity index (χ3v) is 4.43. The molecule has 0 aliphatic heterocycles. The summed E-state index contributed by atoms with van der Waals surface area (Å²) in [5, 5.41) is 2.94. The van der Waals surface area contributed by atoms with E-state index in [4.69, 9.17) is 5.73 Å². The second-order valence-corrected chi connectivity index (χ2v) is 6.72. The van der Waals surface area contributed by atoms with Crippen molar-refractivity contribution in [2.24, 2.45) is 5.73 Å². The molecule has 3 N–H and O–H groups in total. The average molecular weight is 347 g/mol. The van der Waals surface area contributed by atoms with Gasteiger partial charge < -0.3 is 15.8 Å². The highest BCUT2D eigenvalue weighted by molar-refractivity contribution is 5.81. The maximum Gasteiger partial charge on any atom is 0.237 e. The van der Waals surface area contributed by atoms with Crippen LogP contribution < -0.4 is 11.1 Å². The monoisotopic (exact) mass is 346 g/mol. The normalized spacial score (nSPS) is 11.9. The quantitative estimate of drug-likeness (QED) is 0.375. The van der Waals surface area contributed by atoms with Crippen LogP contribution in [0.2, 0.25) is 0 Å². The summed E-state index contributed by atoms with van der Waals surface area (Å²) in [6.07, 6.45) is 12.9. The van der Waals surface area contributed by atoms with Gasteiger partial charge in [0.2, 0.25) is 5.91 Å². The molecule has 1 rings (SSSR count). The Balaban J connectivity index is 1.92. The van der Waals surface area contributed by atoms with Crippen LogP contribution in [0.5, 0.6) is 0 Å². The lowest BCUT2D eigenvalue weighted by molar-refractivity contribution is -0.122. The van der Waals surface area contributed by atoms with Crippen LogP contribution in [0.1, 0.15) is 69.8 Å². The van der Waals surface area contributed by atoms with Crippen LogP contribution in [0.15, 0.2) is 30.3 Å². The van der Waals surface area contributed by atoms with Gasteiger partial charge in [0.05, 0.1) is 6.04 Å². The molecule has 0 unspecified atom stereocenters. The largest absolute Gasteiger partial charge is 0.355 e. The van der Waals surface area contributed by atoms with Crippen molar-refractivity contribution >= 4 is 12.2 Å². The van der Waals surface area contributed by atoms with Gasteiger partial charge in [-0.05, 0) is 24.8 Å². The van der Waals surface area contributed by atoms with Crippen molar-refractivity contribution in [3.8, 4) is 0 Å². The molecule has 4 heteroatoms. The molecule has 1 aromatic carbocycles. The minimum Gasteiger partial charge on any atom is -0.355 e. The lowest BCUT2D eigenvalue weighted by Crippen LogP contribution is -2.42. The fourth-order valence-electron chi connectivity index (χ4n) is 2.89. The van der Waals surface area contributed by atoms with Crippen molar-refractivity contribution in [2.75, 3.05) is 6.54 Å². The molecular weight excluding hydrogens is 312 g/mol. The molecular formula is C21H34N2O2. The first-order chi connectivity index (χ1) is 12.2. The number of hydrogen-bond donors (Lipinski definition) is 2. The summed E-state index contributed by atoms with van der Waals surface area (Å²) in [5.74, 6) is -0.0563. The fourth-order valence-corrected chi connectivity index (χ4v) is 2.89. The van der Waals surface area contributed by atoms with E-state index in [0.29, 0.717) is 19.4 Å². The molecule has 1 amide bonds. The summed E-state index contributed by atoms with van der Waals surface area (Å²) in [7, 11) is 0. The zero-order chi connectivity index (χ0) is 18.2. The van der Waals surface area contributed by atoms with Gasteiger partial charge in [-0.2, -0.15) is 0 Å². The predicted octanol–water partition coefficient (Wildman–Crippen LogP) is 3.77. The topological polar surface area (TPSA) is 72.2 Å². The third-order valence-electron chi connectivity index (χ3n) is 4.43. The van der Waals surface area contributed by atoms with Crippen molar-refractivity contribution in [3.63, 3.8) is 0 Å². The molecule has 0 fully saturated rings. The summed E-state index contributed by atoms with van der Waals surface area (Å²) in [6, 6.07) is 9.41. The number of amides is 1. The Hall–Kier alpha value is -1.68. The molecule has 0 bridgehead atoms. The van der Waals surface area contributed by atoms with Gasteiger partial charge >= 0.3 is 0 Å². The van der Waals surface area contributed by atoms with Gasteiger partial charge in [-0.1, -0.05) is 75.3 Å². The molecule has 0 aromatic heterocycles. The van der Waals surface area contributed by atoms with Crippen LogP contribution >= 0.6 is 0 Å². The Morgan fingerprint density at radius 3 is 2.08 bits per heavy atom. The lowest BCUT2D eigenvalue weighted by Gasteiger charge is -2.12. The van der Waals surface area contributed by atoms with E-state index < -0.39 is 6.04 Å². The first-order valence-corrected chi connectivity index (χ1v) is 9.75. The van der Waals surface area contributed by atoms with E-state index in [1.165, 1.54) is 38.5 Å². The van der Waals surface area contributed by atoms with Crippen molar-refractivity contribution in [1.29, 1.82) is 0 Å². The summed E-state index contributed by atoms with van der Waals surface area (Å²) < 4.78 is 0. The average Bonchev–Trinajstić information content (AvgIpc) is 2.63. The van der Waals surface area contributed by atoms with Crippen LogP contribution in [-0.2, 0) is 16.0 Å².